The van der Waals surface area contributed by atoms with Gasteiger partial charge in [0.2, 0.25) is 11.9 Å². The Hall–Kier alpha value is -3.23. The number of halogens is 3. The number of nitrogens with zero attached hydrogens (tertiary/aromatic N) is 5. The van der Waals surface area contributed by atoms with E-state index in [1.54, 1.807) is 6.07 Å². The van der Waals surface area contributed by atoms with Gasteiger partial charge in [-0.2, -0.15) is 13.2 Å². The molecule has 2 saturated heterocycles. The Morgan fingerprint density at radius 3 is 2.53 bits per heavy atom. The highest BCUT2D eigenvalue weighted by atomic mass is 19.4. The fourth-order valence-electron chi connectivity index (χ4n) is 5.43. The molecule has 0 bridgehead atoms. The number of imidazole rings is 1. The zero-order valence-electron chi connectivity index (χ0n) is 20.5. The van der Waals surface area contributed by atoms with Gasteiger partial charge in [0.25, 0.3) is 0 Å². The van der Waals surface area contributed by atoms with E-state index in [0.717, 1.165) is 55.4 Å². The number of piperazine rings is 1. The zero-order valence-corrected chi connectivity index (χ0v) is 20.5. The average molecular weight is 500 g/mol. The van der Waals surface area contributed by atoms with Gasteiger partial charge in [-0.15, -0.1) is 0 Å². The maximum Gasteiger partial charge on any atom is 0.416 e. The summed E-state index contributed by atoms with van der Waals surface area (Å²) < 4.78 is 41.6. The molecule has 1 atom stereocenters. The molecule has 6 nitrogen and oxygen atoms in total. The molecule has 2 fully saturated rings. The summed E-state index contributed by atoms with van der Waals surface area (Å²) in [5.74, 6) is 0.972. The van der Waals surface area contributed by atoms with E-state index in [9.17, 15) is 18.0 Å². The maximum atomic E-state index is 13.4. The van der Waals surface area contributed by atoms with E-state index in [1.807, 2.05) is 28.0 Å². The first-order chi connectivity index (χ1) is 17.3. The number of anilines is 2. The van der Waals surface area contributed by atoms with Crippen LogP contribution in [0.3, 0.4) is 0 Å². The molecule has 1 amide bonds. The summed E-state index contributed by atoms with van der Waals surface area (Å²) in [5, 5.41) is 0. The number of rotatable bonds is 5. The van der Waals surface area contributed by atoms with Gasteiger partial charge in [0.15, 0.2) is 0 Å². The van der Waals surface area contributed by atoms with Crippen molar-refractivity contribution in [3.05, 3.63) is 54.1 Å². The fraction of sp³-hybridized carbons (Fsp3) is 0.481. The molecule has 0 N–H and O–H groups in total. The van der Waals surface area contributed by atoms with Crippen LogP contribution in [0.1, 0.15) is 31.7 Å². The minimum atomic E-state index is -4.36. The summed E-state index contributed by atoms with van der Waals surface area (Å²) in [4.78, 5) is 24.4. The Balaban J connectivity index is 1.25. The van der Waals surface area contributed by atoms with E-state index >= 15 is 0 Å². The molecule has 5 rings (SSSR count). The van der Waals surface area contributed by atoms with Crippen molar-refractivity contribution in [2.45, 2.75) is 38.9 Å². The topological polar surface area (TPSA) is 44.6 Å². The molecule has 3 aromatic rings. The fourth-order valence-corrected chi connectivity index (χ4v) is 5.43. The first-order valence-corrected chi connectivity index (χ1v) is 12.8. The van der Waals surface area contributed by atoms with Crippen molar-refractivity contribution in [2.24, 2.45) is 5.92 Å². The molecule has 0 aliphatic carbocycles. The lowest BCUT2D eigenvalue weighted by atomic mass is 9.96. The number of benzene rings is 2. The van der Waals surface area contributed by atoms with Gasteiger partial charge in [0.05, 0.1) is 22.5 Å². The van der Waals surface area contributed by atoms with Crippen LogP contribution in [0.25, 0.3) is 11.0 Å². The molecule has 1 unspecified atom stereocenters. The van der Waals surface area contributed by atoms with Gasteiger partial charge in [0, 0.05) is 51.5 Å². The van der Waals surface area contributed by atoms with Crippen LogP contribution in [0.2, 0.25) is 0 Å². The van der Waals surface area contributed by atoms with Crippen molar-refractivity contribution < 1.29 is 18.0 Å². The maximum absolute atomic E-state index is 13.4. The molecule has 2 aromatic carbocycles. The van der Waals surface area contributed by atoms with Crippen LogP contribution in [0.5, 0.6) is 0 Å². The second-order valence-electron chi connectivity index (χ2n) is 9.70. The number of amides is 1. The van der Waals surface area contributed by atoms with E-state index < -0.39 is 11.7 Å². The molecular formula is C27H32F3N5O. The number of alkyl halides is 3. The van der Waals surface area contributed by atoms with Crippen LogP contribution in [-0.2, 0) is 17.5 Å². The van der Waals surface area contributed by atoms with Crippen molar-refractivity contribution >= 4 is 28.6 Å². The van der Waals surface area contributed by atoms with E-state index in [0.29, 0.717) is 38.4 Å². The van der Waals surface area contributed by atoms with Crippen LogP contribution in [0, 0.1) is 5.92 Å². The number of fused-ring (bicyclic) bond motifs is 1. The van der Waals surface area contributed by atoms with Crippen molar-refractivity contribution in [2.75, 3.05) is 49.1 Å². The molecule has 9 heteroatoms. The minimum absolute atomic E-state index is 0.103. The van der Waals surface area contributed by atoms with Crippen LogP contribution >= 0.6 is 0 Å². The highest BCUT2D eigenvalue weighted by Crippen LogP contribution is 2.32. The van der Waals surface area contributed by atoms with Gasteiger partial charge in [0.1, 0.15) is 0 Å². The van der Waals surface area contributed by atoms with Gasteiger partial charge in [-0.05, 0) is 49.6 Å². The average Bonchev–Trinajstić information content (AvgIpc) is 3.27. The Morgan fingerprint density at radius 2 is 1.78 bits per heavy atom. The standard InChI is InChI=1S/C27H32F3N5O/c1-2-12-35-24-11-4-3-10-23(24)31-26(35)34-13-6-7-20(19-34)25(36)33-16-14-32(15-17-33)22-9-5-8-21(18-22)27(28,29)30/h3-5,8-11,18,20H,2,6-7,12-17,19H2,1H3. The summed E-state index contributed by atoms with van der Waals surface area (Å²) in [6.45, 7) is 6.62. The number of carbonyl (C=O) groups excluding carboxylic acids is 1. The number of piperidine rings is 1. The highest BCUT2D eigenvalue weighted by molar-refractivity contribution is 5.81. The van der Waals surface area contributed by atoms with Crippen LogP contribution < -0.4 is 9.80 Å². The van der Waals surface area contributed by atoms with E-state index in [-0.39, 0.29) is 11.8 Å². The van der Waals surface area contributed by atoms with Gasteiger partial charge >= 0.3 is 6.18 Å². The number of aromatic nitrogens is 2. The first kappa shape index (κ1) is 24.5. The summed E-state index contributed by atoms with van der Waals surface area (Å²) >= 11 is 0. The SMILES string of the molecule is CCCn1c(N2CCCC(C(=O)N3CCN(c4cccc(C(F)(F)F)c4)CC3)C2)nc2ccccc21. The van der Waals surface area contributed by atoms with Crippen LogP contribution in [-0.4, -0.2) is 59.6 Å². The molecule has 0 saturated carbocycles. The smallest absolute Gasteiger partial charge is 0.368 e. The van der Waals surface area contributed by atoms with Gasteiger partial charge in [-0.25, -0.2) is 4.98 Å². The lowest BCUT2D eigenvalue weighted by Crippen LogP contribution is -2.52. The van der Waals surface area contributed by atoms with Crippen LogP contribution in [0.4, 0.5) is 24.8 Å². The molecular weight excluding hydrogens is 467 g/mol. The van der Waals surface area contributed by atoms with E-state index in [4.69, 9.17) is 4.98 Å². The highest BCUT2D eigenvalue weighted by Gasteiger charge is 2.34. The summed E-state index contributed by atoms with van der Waals surface area (Å²) in [6.07, 6.45) is -1.59. The Bertz CT molecular complexity index is 1220. The molecule has 0 radical (unpaired) electrons. The van der Waals surface area contributed by atoms with Crippen molar-refractivity contribution in [3.8, 4) is 0 Å². The lowest BCUT2D eigenvalue weighted by Gasteiger charge is -2.40. The Kier molecular flexibility index (Phi) is 6.81. The third-order valence-corrected chi connectivity index (χ3v) is 7.27. The van der Waals surface area contributed by atoms with Gasteiger partial charge < -0.3 is 19.3 Å². The predicted octanol–water partition coefficient (Wildman–Crippen LogP) is 5.03. The number of hydrogen-bond acceptors (Lipinski definition) is 4. The molecule has 1 aromatic heterocycles. The summed E-state index contributed by atoms with van der Waals surface area (Å²) in [6, 6.07) is 13.6. The summed E-state index contributed by atoms with van der Waals surface area (Å²) in [7, 11) is 0. The first-order valence-electron chi connectivity index (χ1n) is 12.8. The molecule has 192 valence electrons. The summed E-state index contributed by atoms with van der Waals surface area (Å²) in [5.41, 5.74) is 2.00. The Labute approximate surface area is 209 Å². The normalized spacial score (nSPS) is 19.2. The van der Waals surface area contributed by atoms with Gasteiger partial charge in [-0.1, -0.05) is 25.1 Å². The molecule has 36 heavy (non-hydrogen) atoms. The molecule has 2 aliphatic heterocycles. The second-order valence-corrected chi connectivity index (χ2v) is 9.70. The minimum Gasteiger partial charge on any atom is -0.368 e. The van der Waals surface area contributed by atoms with Crippen molar-refractivity contribution in [3.63, 3.8) is 0 Å². The van der Waals surface area contributed by atoms with Gasteiger partial charge in [-0.3, -0.25) is 4.79 Å². The van der Waals surface area contributed by atoms with E-state index in [2.05, 4.69) is 22.5 Å². The van der Waals surface area contributed by atoms with E-state index in [1.165, 1.54) is 12.1 Å². The zero-order chi connectivity index (χ0) is 25.3. The van der Waals surface area contributed by atoms with Crippen molar-refractivity contribution in [1.82, 2.24) is 14.5 Å². The largest absolute Gasteiger partial charge is 0.416 e. The monoisotopic (exact) mass is 499 g/mol. The number of hydrogen-bond donors (Lipinski definition) is 0. The number of carbonyl (C=O) groups is 1. The predicted molar refractivity (Wildman–Crippen MR) is 135 cm³/mol. The second kappa shape index (κ2) is 10.0. The third kappa shape index (κ3) is 4.88. The van der Waals surface area contributed by atoms with Crippen LogP contribution in [0.15, 0.2) is 48.5 Å². The lowest BCUT2D eigenvalue weighted by molar-refractivity contribution is -0.137. The molecule has 2 aliphatic rings. The Morgan fingerprint density at radius 1 is 1.00 bits per heavy atom. The molecule has 0 spiro atoms. The third-order valence-electron chi connectivity index (χ3n) is 7.27. The molecule has 3 heterocycles. The number of para-hydroxylation sites is 2. The van der Waals surface area contributed by atoms with Crippen molar-refractivity contribution in [1.29, 1.82) is 0 Å². The quantitative estimate of drug-likeness (QED) is 0.494. The number of aryl methyl sites for hydroxylation is 1.